The summed E-state index contributed by atoms with van der Waals surface area (Å²) in [6.45, 7) is 4.45. The zero-order valence-electron chi connectivity index (χ0n) is 14.5. The molecule has 0 bridgehead atoms. The van der Waals surface area contributed by atoms with Crippen LogP contribution in [-0.4, -0.2) is 24.1 Å². The van der Waals surface area contributed by atoms with Crippen LogP contribution in [0.2, 0.25) is 0 Å². The van der Waals surface area contributed by atoms with Crippen molar-refractivity contribution < 1.29 is 9.59 Å². The van der Waals surface area contributed by atoms with Crippen molar-refractivity contribution in [3.05, 3.63) is 59.2 Å². The SMILES string of the molecule is Cc1ccc(C)c(SCC(=O)N2CC(C(N)=O)Cc3ccccc32)c1. The Morgan fingerprint density at radius 3 is 2.72 bits per heavy atom. The van der Waals surface area contributed by atoms with Crippen molar-refractivity contribution in [2.75, 3.05) is 17.2 Å². The zero-order valence-corrected chi connectivity index (χ0v) is 15.3. The van der Waals surface area contributed by atoms with Crippen LogP contribution in [0, 0.1) is 19.8 Å². The highest BCUT2D eigenvalue weighted by Crippen LogP contribution is 2.31. The van der Waals surface area contributed by atoms with Crippen LogP contribution in [0.1, 0.15) is 16.7 Å². The molecule has 25 heavy (non-hydrogen) atoms. The first-order chi connectivity index (χ1) is 12.0. The number of benzene rings is 2. The maximum absolute atomic E-state index is 12.9. The first-order valence-corrected chi connectivity index (χ1v) is 9.32. The number of rotatable bonds is 4. The van der Waals surface area contributed by atoms with Crippen molar-refractivity contribution in [1.82, 2.24) is 0 Å². The second-order valence-corrected chi connectivity index (χ2v) is 7.51. The second-order valence-electron chi connectivity index (χ2n) is 6.49. The molecule has 130 valence electrons. The van der Waals surface area contributed by atoms with Gasteiger partial charge in [0.05, 0.1) is 11.7 Å². The minimum atomic E-state index is -0.352. The number of anilines is 1. The van der Waals surface area contributed by atoms with Crippen LogP contribution in [0.3, 0.4) is 0 Å². The Kier molecular flexibility index (Phi) is 5.13. The Hall–Kier alpha value is -2.27. The number of fused-ring (bicyclic) bond motifs is 1. The summed E-state index contributed by atoms with van der Waals surface area (Å²) in [5.74, 6) is -0.340. The van der Waals surface area contributed by atoms with Gasteiger partial charge in [0.1, 0.15) is 0 Å². The van der Waals surface area contributed by atoms with Crippen LogP contribution in [0.4, 0.5) is 5.69 Å². The van der Waals surface area contributed by atoms with E-state index < -0.39 is 0 Å². The van der Waals surface area contributed by atoms with Crippen molar-refractivity contribution in [3.8, 4) is 0 Å². The van der Waals surface area contributed by atoms with E-state index >= 15 is 0 Å². The molecule has 3 rings (SSSR count). The van der Waals surface area contributed by atoms with Gasteiger partial charge in [-0.15, -0.1) is 11.8 Å². The monoisotopic (exact) mass is 354 g/mol. The highest BCUT2D eigenvalue weighted by Gasteiger charge is 2.31. The van der Waals surface area contributed by atoms with Gasteiger partial charge in [0, 0.05) is 17.1 Å². The summed E-state index contributed by atoms with van der Waals surface area (Å²) in [4.78, 5) is 27.4. The van der Waals surface area contributed by atoms with E-state index in [0.717, 1.165) is 21.7 Å². The van der Waals surface area contributed by atoms with Gasteiger partial charge in [0.2, 0.25) is 11.8 Å². The summed E-state index contributed by atoms with van der Waals surface area (Å²) in [6.07, 6.45) is 0.597. The molecule has 0 aromatic heterocycles. The van der Waals surface area contributed by atoms with Gasteiger partial charge in [0.15, 0.2) is 0 Å². The minimum Gasteiger partial charge on any atom is -0.369 e. The largest absolute Gasteiger partial charge is 0.369 e. The van der Waals surface area contributed by atoms with Crippen LogP contribution in [-0.2, 0) is 16.0 Å². The minimum absolute atomic E-state index is 0.00399. The van der Waals surface area contributed by atoms with Gasteiger partial charge in [-0.3, -0.25) is 9.59 Å². The lowest BCUT2D eigenvalue weighted by atomic mass is 9.92. The molecular formula is C20H22N2O2S. The number of carbonyl (C=O) groups excluding carboxylic acids is 2. The predicted octanol–water partition coefficient (Wildman–Crippen LogP) is 3.09. The Bertz CT molecular complexity index is 819. The molecule has 2 aromatic rings. The van der Waals surface area contributed by atoms with E-state index in [2.05, 4.69) is 18.2 Å². The fourth-order valence-corrected chi connectivity index (χ4v) is 4.10. The van der Waals surface area contributed by atoms with Crippen LogP contribution >= 0.6 is 11.8 Å². The molecule has 0 fully saturated rings. The Morgan fingerprint density at radius 2 is 1.96 bits per heavy atom. The summed E-state index contributed by atoms with van der Waals surface area (Å²) < 4.78 is 0. The normalized spacial score (nSPS) is 16.4. The summed E-state index contributed by atoms with van der Waals surface area (Å²) in [6, 6.07) is 14.0. The smallest absolute Gasteiger partial charge is 0.237 e. The molecule has 2 N–H and O–H groups in total. The first kappa shape index (κ1) is 17.5. The predicted molar refractivity (Wildman–Crippen MR) is 102 cm³/mol. The Morgan fingerprint density at radius 1 is 1.20 bits per heavy atom. The molecular weight excluding hydrogens is 332 g/mol. The lowest BCUT2D eigenvalue weighted by Crippen LogP contribution is -2.45. The van der Waals surface area contributed by atoms with Gasteiger partial charge in [-0.05, 0) is 43.5 Å². The van der Waals surface area contributed by atoms with Crippen LogP contribution in [0.15, 0.2) is 47.4 Å². The van der Waals surface area contributed by atoms with E-state index in [0.29, 0.717) is 18.7 Å². The average molecular weight is 354 g/mol. The molecule has 0 radical (unpaired) electrons. The number of hydrogen-bond acceptors (Lipinski definition) is 3. The zero-order chi connectivity index (χ0) is 18.0. The maximum atomic E-state index is 12.9. The number of hydrogen-bond donors (Lipinski definition) is 1. The first-order valence-electron chi connectivity index (χ1n) is 8.33. The molecule has 2 amide bonds. The molecule has 2 aromatic carbocycles. The number of para-hydroxylation sites is 1. The molecule has 0 aliphatic carbocycles. The van der Waals surface area contributed by atoms with Crippen molar-refractivity contribution in [3.63, 3.8) is 0 Å². The highest BCUT2D eigenvalue weighted by molar-refractivity contribution is 8.00. The molecule has 1 unspecified atom stereocenters. The lowest BCUT2D eigenvalue weighted by Gasteiger charge is -2.33. The summed E-state index contributed by atoms with van der Waals surface area (Å²) in [5.41, 5.74) is 9.75. The van der Waals surface area contributed by atoms with Crippen molar-refractivity contribution >= 4 is 29.3 Å². The quantitative estimate of drug-likeness (QED) is 0.858. The number of primary amides is 1. The van der Waals surface area contributed by atoms with Gasteiger partial charge in [0.25, 0.3) is 0 Å². The Balaban J connectivity index is 1.78. The number of carbonyl (C=O) groups is 2. The molecule has 1 atom stereocenters. The van der Waals surface area contributed by atoms with Crippen LogP contribution in [0.25, 0.3) is 0 Å². The number of amides is 2. The van der Waals surface area contributed by atoms with E-state index in [4.69, 9.17) is 5.73 Å². The topological polar surface area (TPSA) is 63.4 Å². The third-order valence-electron chi connectivity index (χ3n) is 4.55. The number of thioether (sulfide) groups is 1. The fourth-order valence-electron chi connectivity index (χ4n) is 3.10. The standard InChI is InChI=1S/C20H22N2O2S/c1-13-7-8-14(2)18(9-13)25-12-19(23)22-11-16(20(21)24)10-15-5-3-4-6-17(15)22/h3-9,16H,10-12H2,1-2H3,(H2,21,24). The molecule has 5 heteroatoms. The third kappa shape index (κ3) is 3.87. The van der Waals surface area contributed by atoms with Gasteiger partial charge in [-0.25, -0.2) is 0 Å². The summed E-state index contributed by atoms with van der Waals surface area (Å²) in [5, 5.41) is 0. The third-order valence-corrected chi connectivity index (χ3v) is 5.69. The summed E-state index contributed by atoms with van der Waals surface area (Å²) in [7, 11) is 0. The van der Waals surface area contributed by atoms with Crippen LogP contribution < -0.4 is 10.6 Å². The van der Waals surface area contributed by atoms with Gasteiger partial charge in [-0.2, -0.15) is 0 Å². The fraction of sp³-hybridized carbons (Fsp3) is 0.300. The van der Waals surface area contributed by atoms with Crippen molar-refractivity contribution in [1.29, 1.82) is 0 Å². The van der Waals surface area contributed by atoms with E-state index in [1.807, 2.05) is 38.1 Å². The van der Waals surface area contributed by atoms with E-state index in [-0.39, 0.29) is 17.7 Å². The number of aryl methyl sites for hydroxylation is 2. The van der Waals surface area contributed by atoms with Crippen LogP contribution in [0.5, 0.6) is 0 Å². The molecule has 4 nitrogen and oxygen atoms in total. The Labute approximate surface area is 152 Å². The van der Waals surface area contributed by atoms with Gasteiger partial charge >= 0.3 is 0 Å². The molecule has 1 aliphatic heterocycles. The second kappa shape index (κ2) is 7.31. The molecule has 0 spiro atoms. The van der Waals surface area contributed by atoms with Gasteiger partial charge < -0.3 is 10.6 Å². The van der Waals surface area contributed by atoms with Crippen molar-refractivity contribution in [2.45, 2.75) is 25.2 Å². The van der Waals surface area contributed by atoms with E-state index in [1.165, 1.54) is 17.3 Å². The molecule has 0 saturated heterocycles. The van der Waals surface area contributed by atoms with Crippen molar-refractivity contribution in [2.24, 2.45) is 11.7 Å². The molecule has 1 heterocycles. The molecule has 0 saturated carbocycles. The maximum Gasteiger partial charge on any atom is 0.237 e. The lowest BCUT2D eigenvalue weighted by molar-refractivity contribution is -0.122. The highest BCUT2D eigenvalue weighted by atomic mass is 32.2. The van der Waals surface area contributed by atoms with E-state index in [9.17, 15) is 9.59 Å². The number of nitrogens with two attached hydrogens (primary N) is 1. The average Bonchev–Trinajstić information content (AvgIpc) is 2.61. The summed E-state index contributed by atoms with van der Waals surface area (Å²) >= 11 is 1.54. The molecule has 1 aliphatic rings. The van der Waals surface area contributed by atoms with E-state index in [1.54, 1.807) is 4.90 Å². The van der Waals surface area contributed by atoms with Gasteiger partial charge in [-0.1, -0.05) is 35.9 Å². The number of nitrogens with zero attached hydrogens (tertiary/aromatic N) is 1.